The average Bonchev–Trinajstić information content (AvgIpc) is 3.07. The Bertz CT molecular complexity index is 1350. The summed E-state index contributed by atoms with van der Waals surface area (Å²) in [5.74, 6) is -1.01. The smallest absolute Gasteiger partial charge is 0.411 e. The van der Waals surface area contributed by atoms with Crippen LogP contribution in [0.5, 0.6) is 5.88 Å². The Hall–Kier alpha value is -2.92. The summed E-state index contributed by atoms with van der Waals surface area (Å²) >= 11 is 6.21. The number of aromatic nitrogens is 2. The Kier molecular flexibility index (Phi) is 6.82. The summed E-state index contributed by atoms with van der Waals surface area (Å²) < 4.78 is 38.7. The highest BCUT2D eigenvalue weighted by Gasteiger charge is 2.61. The van der Waals surface area contributed by atoms with E-state index in [-0.39, 0.29) is 40.3 Å². The number of carbonyl (C=O) groups excluding carboxylic acids is 2. The number of amides is 1. The number of piperazine rings is 1. The van der Waals surface area contributed by atoms with Crippen molar-refractivity contribution < 1.29 is 32.9 Å². The number of fused-ring (bicyclic) bond motifs is 5. The fourth-order valence-electron chi connectivity index (χ4n) is 6.30. The van der Waals surface area contributed by atoms with Gasteiger partial charge in [-0.2, -0.15) is 4.98 Å². The third-order valence-corrected chi connectivity index (χ3v) is 8.05. The lowest BCUT2D eigenvalue weighted by molar-refractivity contribution is -0.0452. The molecule has 5 heterocycles. The number of nitrogens with zero attached hydrogens (tertiary/aromatic N) is 4. The monoisotopic (exact) mass is 564 g/mol. The zero-order chi connectivity index (χ0) is 28.4. The van der Waals surface area contributed by atoms with Crippen molar-refractivity contribution >= 4 is 40.3 Å². The molecular weight excluding hydrogens is 531 g/mol. The number of hydrogen-bond donors (Lipinski definition) is 0. The van der Waals surface area contributed by atoms with Crippen LogP contribution in [0.4, 0.5) is 15.0 Å². The van der Waals surface area contributed by atoms with Gasteiger partial charge >= 0.3 is 12.1 Å². The molecule has 3 aliphatic rings. The zero-order valence-corrected chi connectivity index (χ0v) is 24.0. The molecule has 4 atom stereocenters. The predicted molar refractivity (Wildman–Crippen MR) is 142 cm³/mol. The summed E-state index contributed by atoms with van der Waals surface area (Å²) in [6, 6.07) is -0.742. The van der Waals surface area contributed by atoms with E-state index in [0.717, 1.165) is 0 Å². The van der Waals surface area contributed by atoms with Crippen molar-refractivity contribution in [3.63, 3.8) is 0 Å². The van der Waals surface area contributed by atoms with Crippen molar-refractivity contribution in [3.05, 3.63) is 22.2 Å². The summed E-state index contributed by atoms with van der Waals surface area (Å²) in [6.45, 7) is 11.9. The topological polar surface area (TPSA) is 103 Å². The van der Waals surface area contributed by atoms with E-state index in [4.69, 9.17) is 35.5 Å². The number of esters is 1. The Balaban J connectivity index is 1.74. The lowest BCUT2D eigenvalue weighted by Gasteiger charge is -2.53. The first-order chi connectivity index (χ1) is 18.3. The summed E-state index contributed by atoms with van der Waals surface area (Å²) in [6.07, 6.45) is 0.397. The predicted octanol–water partition coefficient (Wildman–Crippen LogP) is 4.66. The first kappa shape index (κ1) is 27.6. The lowest BCUT2D eigenvalue weighted by Crippen LogP contribution is -2.71. The van der Waals surface area contributed by atoms with Gasteiger partial charge in [-0.05, 0) is 59.9 Å². The van der Waals surface area contributed by atoms with Crippen LogP contribution in [0.2, 0.25) is 5.15 Å². The van der Waals surface area contributed by atoms with Gasteiger partial charge in [0.05, 0.1) is 36.7 Å². The molecule has 0 N–H and O–H groups in total. The van der Waals surface area contributed by atoms with E-state index in [2.05, 4.69) is 4.98 Å². The third kappa shape index (κ3) is 4.34. The molecule has 0 aliphatic carbocycles. The Morgan fingerprint density at radius 1 is 1.26 bits per heavy atom. The minimum atomic E-state index is -0.768. The van der Waals surface area contributed by atoms with Gasteiger partial charge in [0.15, 0.2) is 16.7 Å². The van der Waals surface area contributed by atoms with Crippen molar-refractivity contribution in [2.75, 3.05) is 31.8 Å². The fraction of sp³-hybridized carbons (Fsp3) is 0.630. The van der Waals surface area contributed by atoms with Crippen molar-refractivity contribution in [2.45, 2.75) is 83.7 Å². The molecule has 2 saturated heterocycles. The van der Waals surface area contributed by atoms with Crippen LogP contribution in [-0.2, 0) is 14.2 Å². The van der Waals surface area contributed by atoms with Gasteiger partial charge in [0.2, 0.25) is 5.88 Å². The molecule has 0 radical (unpaired) electrons. The summed E-state index contributed by atoms with van der Waals surface area (Å²) in [4.78, 5) is 39.2. The molecule has 12 heteroatoms. The minimum Gasteiger partial charge on any atom is -0.472 e. The van der Waals surface area contributed by atoms with Crippen LogP contribution in [0.15, 0.2) is 0 Å². The molecule has 3 aliphatic heterocycles. The molecule has 212 valence electrons. The van der Waals surface area contributed by atoms with Gasteiger partial charge in [-0.15, -0.1) is 0 Å². The molecule has 1 amide bonds. The molecule has 0 spiro atoms. The van der Waals surface area contributed by atoms with Gasteiger partial charge in [0.1, 0.15) is 17.5 Å². The maximum atomic E-state index is 15.6. The van der Waals surface area contributed by atoms with Crippen molar-refractivity contribution in [2.24, 2.45) is 0 Å². The van der Waals surface area contributed by atoms with Crippen LogP contribution in [0.25, 0.3) is 10.8 Å². The molecule has 39 heavy (non-hydrogen) atoms. The second kappa shape index (κ2) is 9.62. The van der Waals surface area contributed by atoms with Gasteiger partial charge < -0.3 is 23.8 Å². The number of anilines is 1. The van der Waals surface area contributed by atoms with Crippen LogP contribution in [0.3, 0.4) is 0 Å². The van der Waals surface area contributed by atoms with E-state index in [1.807, 2.05) is 39.5 Å². The number of aryl methyl sites for hydroxylation is 1. The third-order valence-electron chi connectivity index (χ3n) is 7.80. The lowest BCUT2D eigenvalue weighted by atomic mass is 9.92. The van der Waals surface area contributed by atoms with Crippen LogP contribution < -0.4 is 9.64 Å². The van der Waals surface area contributed by atoms with Gasteiger partial charge in [-0.25, -0.2) is 19.0 Å². The number of pyridine rings is 2. The number of halogens is 2. The van der Waals surface area contributed by atoms with E-state index in [1.54, 1.807) is 11.8 Å². The van der Waals surface area contributed by atoms with E-state index in [1.165, 1.54) is 7.11 Å². The van der Waals surface area contributed by atoms with E-state index < -0.39 is 41.2 Å². The second-order valence-electron chi connectivity index (χ2n) is 11.4. The van der Waals surface area contributed by atoms with Crippen LogP contribution in [-0.4, -0.2) is 83.1 Å². The van der Waals surface area contributed by atoms with Gasteiger partial charge in [-0.3, -0.25) is 4.90 Å². The highest BCUT2D eigenvalue weighted by molar-refractivity contribution is 6.30. The summed E-state index contributed by atoms with van der Waals surface area (Å²) in [5, 5.41) is 0.0578. The Labute approximate surface area is 231 Å². The van der Waals surface area contributed by atoms with Gasteiger partial charge in [-0.1, -0.05) is 11.6 Å². The molecule has 2 bridgehead atoms. The van der Waals surface area contributed by atoms with Crippen LogP contribution in [0.1, 0.15) is 63.5 Å². The summed E-state index contributed by atoms with van der Waals surface area (Å²) in [7, 11) is 1.25. The molecule has 0 saturated carbocycles. The highest BCUT2D eigenvalue weighted by Crippen LogP contribution is 2.50. The van der Waals surface area contributed by atoms with E-state index >= 15 is 4.39 Å². The first-order valence-electron chi connectivity index (χ1n) is 13.1. The van der Waals surface area contributed by atoms with E-state index in [9.17, 15) is 9.59 Å². The molecule has 5 rings (SSSR count). The van der Waals surface area contributed by atoms with Crippen molar-refractivity contribution in [1.29, 1.82) is 0 Å². The quantitative estimate of drug-likeness (QED) is 0.387. The average molecular weight is 565 g/mol. The van der Waals surface area contributed by atoms with Gasteiger partial charge in [0, 0.05) is 18.5 Å². The first-order valence-corrected chi connectivity index (χ1v) is 13.5. The van der Waals surface area contributed by atoms with Crippen LogP contribution >= 0.6 is 11.6 Å². The summed E-state index contributed by atoms with van der Waals surface area (Å²) in [5.41, 5.74) is -1.19. The second-order valence-corrected chi connectivity index (χ2v) is 11.8. The standard InChI is InChI=1S/C27H34ClFN4O6/c1-8-37-12-27-10-9-15(33(27)25(35)39-26(4,5)6)20-14(3)38-23-17-16(18(29)21(28)31-23)13(2)19(24(34)36-7)30-22(17)32(20)11-27/h14-15,20H,8-12H2,1-7H3/t14-,15-,20+,27+/m0/s1. The van der Waals surface area contributed by atoms with E-state index in [0.29, 0.717) is 37.2 Å². The highest BCUT2D eigenvalue weighted by atomic mass is 35.5. The molecule has 0 unspecified atom stereocenters. The largest absolute Gasteiger partial charge is 0.472 e. The molecule has 10 nitrogen and oxygen atoms in total. The maximum absolute atomic E-state index is 15.6. The fourth-order valence-corrected chi connectivity index (χ4v) is 6.47. The molecular formula is C27H34ClFN4O6. The number of carbonyl (C=O) groups is 2. The number of rotatable bonds is 4. The van der Waals surface area contributed by atoms with Gasteiger partial charge in [0.25, 0.3) is 0 Å². The number of methoxy groups -OCH3 is 1. The molecule has 0 aromatic carbocycles. The molecule has 2 aromatic heterocycles. The van der Waals surface area contributed by atoms with Crippen LogP contribution in [0, 0.1) is 12.7 Å². The van der Waals surface area contributed by atoms with Crippen molar-refractivity contribution in [1.82, 2.24) is 14.9 Å². The molecule has 2 aromatic rings. The zero-order valence-electron chi connectivity index (χ0n) is 23.3. The SMILES string of the molecule is CCOC[C@@]12CC[C@@H]([C@H]3[C@H](C)Oc4nc(Cl)c(F)c5c(C)c(C(=O)OC)nc(c45)N3C1)N2C(=O)OC(C)(C)C. The minimum absolute atomic E-state index is 0.0267. The molecule has 2 fully saturated rings. The Morgan fingerprint density at radius 3 is 2.62 bits per heavy atom. The number of ether oxygens (including phenoxy) is 4. The van der Waals surface area contributed by atoms with Crippen molar-refractivity contribution in [3.8, 4) is 5.88 Å². The number of hydrogen-bond acceptors (Lipinski definition) is 9. The maximum Gasteiger partial charge on any atom is 0.411 e. The normalized spacial score (nSPS) is 25.7. The Morgan fingerprint density at radius 2 is 1.97 bits per heavy atom.